The van der Waals surface area contributed by atoms with Gasteiger partial charge in [-0.05, 0) is 29.8 Å². The van der Waals surface area contributed by atoms with Gasteiger partial charge < -0.3 is 5.73 Å². The lowest BCUT2D eigenvalue weighted by molar-refractivity contribution is -0.171. The van der Waals surface area contributed by atoms with E-state index in [1.807, 2.05) is 0 Å². The summed E-state index contributed by atoms with van der Waals surface area (Å²) < 4.78 is 40.7. The van der Waals surface area contributed by atoms with E-state index in [4.69, 9.17) is 5.73 Å². The summed E-state index contributed by atoms with van der Waals surface area (Å²) in [4.78, 5) is 0. The average molecular weight is 354 g/mol. The fraction of sp³-hybridized carbons (Fsp3) is 0.125. The third-order valence-electron chi connectivity index (χ3n) is 2.92. The monoisotopic (exact) mass is 353 g/mol. The van der Waals surface area contributed by atoms with Gasteiger partial charge in [0.1, 0.15) is 0 Å². The van der Waals surface area contributed by atoms with Crippen LogP contribution in [0.1, 0.15) is 11.1 Å². The van der Waals surface area contributed by atoms with Crippen molar-refractivity contribution in [1.29, 1.82) is 0 Å². The van der Waals surface area contributed by atoms with Crippen molar-refractivity contribution in [3.05, 3.63) is 70.2 Å². The maximum absolute atomic E-state index is 13.4. The van der Waals surface area contributed by atoms with Crippen LogP contribution in [-0.2, 0) is 5.54 Å². The lowest BCUT2D eigenvalue weighted by atomic mass is 9.90. The van der Waals surface area contributed by atoms with Crippen LogP contribution in [-0.4, -0.2) is 6.18 Å². The van der Waals surface area contributed by atoms with Crippen molar-refractivity contribution in [3.63, 3.8) is 0 Å². The molecule has 0 fully saturated rings. The molecule has 2 aromatic carbocycles. The first kappa shape index (κ1) is 15.6. The Kier molecular flexibility index (Phi) is 4.40. The molecule has 0 aliphatic carbocycles. The molecule has 0 spiro atoms. The first-order valence-corrected chi connectivity index (χ1v) is 6.82. The molecule has 2 rings (SSSR count). The maximum Gasteiger partial charge on any atom is 0.422 e. The lowest BCUT2D eigenvalue weighted by Crippen LogP contribution is -2.49. The minimum Gasteiger partial charge on any atom is -0.304 e. The largest absolute Gasteiger partial charge is 0.422 e. The minimum atomic E-state index is -4.68. The van der Waals surface area contributed by atoms with E-state index in [-0.39, 0.29) is 5.56 Å². The number of alkyl halides is 3. The Balaban J connectivity index is 2.49. The average Bonchev–Trinajstić information content (AvgIpc) is 2.45. The molecule has 0 aliphatic heterocycles. The Morgan fingerprint density at radius 2 is 1.48 bits per heavy atom. The standard InChI is InChI=1S/C16H11BrF3N/c17-14-8-6-13(7-9-14)15(21,16(18,19)20)11-10-12-4-2-1-3-5-12/h1-9H,21H2. The van der Waals surface area contributed by atoms with Crippen LogP contribution in [0.25, 0.3) is 0 Å². The molecule has 21 heavy (non-hydrogen) atoms. The number of hydrogen-bond acceptors (Lipinski definition) is 1. The highest BCUT2D eigenvalue weighted by atomic mass is 79.9. The Hall–Kier alpha value is -1.77. The van der Waals surface area contributed by atoms with E-state index in [0.29, 0.717) is 10.0 Å². The van der Waals surface area contributed by atoms with Crippen molar-refractivity contribution < 1.29 is 13.2 Å². The molecule has 0 aliphatic rings. The highest BCUT2D eigenvalue weighted by molar-refractivity contribution is 9.10. The van der Waals surface area contributed by atoms with Gasteiger partial charge in [0.25, 0.3) is 0 Å². The Labute approximate surface area is 129 Å². The molecule has 1 unspecified atom stereocenters. The molecule has 5 heteroatoms. The van der Waals surface area contributed by atoms with E-state index in [1.165, 1.54) is 24.3 Å². The quantitative estimate of drug-likeness (QED) is 0.763. The van der Waals surface area contributed by atoms with Crippen LogP contribution >= 0.6 is 15.9 Å². The first-order valence-electron chi connectivity index (χ1n) is 6.03. The van der Waals surface area contributed by atoms with Crippen LogP contribution in [0.3, 0.4) is 0 Å². The summed E-state index contributed by atoms with van der Waals surface area (Å²) in [5.41, 5.74) is 3.26. The molecule has 2 N–H and O–H groups in total. The molecule has 1 nitrogen and oxygen atoms in total. The van der Waals surface area contributed by atoms with Gasteiger partial charge in [0, 0.05) is 10.0 Å². The van der Waals surface area contributed by atoms with E-state index in [0.717, 1.165) is 0 Å². The summed E-state index contributed by atoms with van der Waals surface area (Å²) in [6, 6.07) is 14.1. The highest BCUT2D eigenvalue weighted by Gasteiger charge is 2.52. The number of nitrogens with two attached hydrogens (primary N) is 1. The Bertz CT molecular complexity index is 669. The number of benzene rings is 2. The van der Waals surface area contributed by atoms with Gasteiger partial charge in [-0.1, -0.05) is 58.1 Å². The van der Waals surface area contributed by atoms with Crippen LogP contribution in [0.5, 0.6) is 0 Å². The van der Waals surface area contributed by atoms with Crippen molar-refractivity contribution >= 4 is 15.9 Å². The molecule has 0 bridgehead atoms. The minimum absolute atomic E-state index is 0.0957. The third kappa shape index (κ3) is 3.46. The first-order chi connectivity index (χ1) is 9.83. The highest BCUT2D eigenvalue weighted by Crippen LogP contribution is 2.36. The summed E-state index contributed by atoms with van der Waals surface area (Å²) >= 11 is 3.18. The van der Waals surface area contributed by atoms with E-state index in [2.05, 4.69) is 27.8 Å². The van der Waals surface area contributed by atoms with Gasteiger partial charge in [0.05, 0.1) is 0 Å². The summed E-state index contributed by atoms with van der Waals surface area (Å²) in [5.74, 6) is 4.67. The zero-order valence-corrected chi connectivity index (χ0v) is 12.4. The smallest absolute Gasteiger partial charge is 0.304 e. The molecule has 0 saturated heterocycles. The Morgan fingerprint density at radius 3 is 2.00 bits per heavy atom. The molecule has 0 radical (unpaired) electrons. The van der Waals surface area contributed by atoms with Crippen LogP contribution in [0.15, 0.2) is 59.1 Å². The molecular formula is C16H11BrF3N. The number of rotatable bonds is 1. The van der Waals surface area contributed by atoms with Gasteiger partial charge in [0.15, 0.2) is 5.54 Å². The molecule has 0 heterocycles. The van der Waals surface area contributed by atoms with Crippen LogP contribution < -0.4 is 5.73 Å². The normalized spacial score (nSPS) is 14.0. The van der Waals surface area contributed by atoms with E-state index in [9.17, 15) is 13.2 Å². The molecule has 0 saturated carbocycles. The van der Waals surface area contributed by atoms with Gasteiger partial charge in [-0.15, -0.1) is 0 Å². The summed E-state index contributed by atoms with van der Waals surface area (Å²) in [6.07, 6.45) is -4.68. The van der Waals surface area contributed by atoms with Crippen molar-refractivity contribution in [1.82, 2.24) is 0 Å². The predicted molar refractivity (Wildman–Crippen MR) is 79.4 cm³/mol. The topological polar surface area (TPSA) is 26.0 Å². The summed E-state index contributed by atoms with van der Waals surface area (Å²) in [6.45, 7) is 0. The molecule has 1 atom stereocenters. The van der Waals surface area contributed by atoms with Gasteiger partial charge in [-0.2, -0.15) is 13.2 Å². The van der Waals surface area contributed by atoms with Gasteiger partial charge in [-0.3, -0.25) is 0 Å². The van der Waals surface area contributed by atoms with Crippen molar-refractivity contribution in [2.24, 2.45) is 5.73 Å². The van der Waals surface area contributed by atoms with E-state index >= 15 is 0 Å². The zero-order valence-electron chi connectivity index (χ0n) is 10.8. The van der Waals surface area contributed by atoms with Crippen molar-refractivity contribution in [2.75, 3.05) is 0 Å². The fourth-order valence-electron chi connectivity index (χ4n) is 1.71. The van der Waals surface area contributed by atoms with Crippen LogP contribution in [0.2, 0.25) is 0 Å². The third-order valence-corrected chi connectivity index (χ3v) is 3.45. The molecule has 0 aromatic heterocycles. The fourth-order valence-corrected chi connectivity index (χ4v) is 1.98. The molecule has 108 valence electrons. The SMILES string of the molecule is NC(C#Cc1ccccc1)(c1ccc(Br)cc1)C(F)(F)F. The van der Waals surface area contributed by atoms with Gasteiger partial charge in [-0.25, -0.2) is 0 Å². The second kappa shape index (κ2) is 5.92. The maximum atomic E-state index is 13.4. The van der Waals surface area contributed by atoms with E-state index < -0.39 is 11.7 Å². The molecule has 2 aromatic rings. The van der Waals surface area contributed by atoms with E-state index in [1.54, 1.807) is 30.3 Å². The lowest BCUT2D eigenvalue weighted by Gasteiger charge is -2.27. The zero-order chi connectivity index (χ0) is 15.5. The number of halogens is 4. The van der Waals surface area contributed by atoms with Crippen LogP contribution in [0, 0.1) is 11.8 Å². The second-order valence-corrected chi connectivity index (χ2v) is 5.34. The summed E-state index contributed by atoms with van der Waals surface area (Å²) in [7, 11) is 0. The summed E-state index contributed by atoms with van der Waals surface area (Å²) in [5, 5.41) is 0. The van der Waals surface area contributed by atoms with Crippen molar-refractivity contribution in [3.8, 4) is 11.8 Å². The number of hydrogen-bond donors (Lipinski definition) is 1. The Morgan fingerprint density at radius 1 is 0.905 bits per heavy atom. The van der Waals surface area contributed by atoms with Gasteiger partial charge in [0.2, 0.25) is 0 Å². The van der Waals surface area contributed by atoms with Crippen LogP contribution in [0.4, 0.5) is 13.2 Å². The van der Waals surface area contributed by atoms with Gasteiger partial charge >= 0.3 is 6.18 Å². The second-order valence-electron chi connectivity index (χ2n) is 4.43. The molecule has 0 amide bonds. The van der Waals surface area contributed by atoms with Crippen molar-refractivity contribution in [2.45, 2.75) is 11.7 Å². The predicted octanol–water partition coefficient (Wildman–Crippen LogP) is 4.22. The molecular weight excluding hydrogens is 343 g/mol.